The predicted molar refractivity (Wildman–Crippen MR) is 70.4 cm³/mol. The summed E-state index contributed by atoms with van der Waals surface area (Å²) in [6, 6.07) is 0. The quantitative estimate of drug-likeness (QED) is 0.560. The van der Waals surface area contributed by atoms with Crippen LogP contribution in [0, 0.1) is 0 Å². The molecule has 1 unspecified atom stereocenters. The molecule has 2 aliphatic rings. The van der Waals surface area contributed by atoms with E-state index in [0.717, 1.165) is 25.9 Å². The molecule has 17 heavy (non-hydrogen) atoms. The van der Waals surface area contributed by atoms with Crippen molar-refractivity contribution in [3.63, 3.8) is 0 Å². The van der Waals surface area contributed by atoms with Gasteiger partial charge in [0.1, 0.15) is 0 Å². The van der Waals surface area contributed by atoms with E-state index in [-0.39, 0.29) is 11.9 Å². The van der Waals surface area contributed by atoms with E-state index >= 15 is 0 Å². The van der Waals surface area contributed by atoms with E-state index in [1.54, 1.807) is 0 Å². The van der Waals surface area contributed by atoms with Crippen molar-refractivity contribution in [3.05, 3.63) is 12.2 Å². The topological polar surface area (TPSA) is 18.5 Å². The zero-order valence-electron chi connectivity index (χ0n) is 10.5. The van der Waals surface area contributed by atoms with Crippen molar-refractivity contribution in [2.45, 2.75) is 63.3 Å². The molecule has 2 rings (SSSR count). The highest BCUT2D eigenvalue weighted by Gasteiger charge is 2.33. The smallest absolute Gasteiger partial charge is 0.158 e. The summed E-state index contributed by atoms with van der Waals surface area (Å²) in [5.74, 6) is 0.566. The fourth-order valence-electron chi connectivity index (χ4n) is 2.80. The predicted octanol–water partition coefficient (Wildman–Crippen LogP) is 4.03. The minimum absolute atomic E-state index is 0.00169. The van der Waals surface area contributed by atoms with Crippen LogP contribution in [0.4, 0.5) is 0 Å². The fraction of sp³-hybridized carbons (Fsp3) is 0.857. The molecule has 0 bridgehead atoms. The number of alkyl halides is 1. The molecule has 0 aromatic rings. The number of hydrogen-bond acceptors (Lipinski definition) is 2. The Morgan fingerprint density at radius 3 is 2.65 bits per heavy atom. The highest BCUT2D eigenvalue weighted by Crippen LogP contribution is 2.35. The highest BCUT2D eigenvalue weighted by molar-refractivity contribution is 6.18. The molecule has 2 nitrogen and oxygen atoms in total. The molecule has 2 fully saturated rings. The second-order valence-corrected chi connectivity index (χ2v) is 5.40. The van der Waals surface area contributed by atoms with Crippen molar-refractivity contribution >= 4 is 11.6 Å². The Bertz CT molecular complexity index is 241. The Kier molecular flexibility index (Phi) is 5.33. The normalized spacial score (nSPS) is 29.6. The molecular weight excluding hydrogens is 236 g/mol. The van der Waals surface area contributed by atoms with E-state index in [2.05, 4.69) is 6.08 Å². The first kappa shape index (κ1) is 13.4. The molecule has 0 aromatic heterocycles. The van der Waals surface area contributed by atoms with Crippen LogP contribution in [-0.2, 0) is 9.47 Å². The molecule has 0 spiro atoms. The van der Waals surface area contributed by atoms with Crippen molar-refractivity contribution in [1.82, 2.24) is 0 Å². The molecule has 3 heteroatoms. The lowest BCUT2D eigenvalue weighted by Crippen LogP contribution is -2.39. The molecule has 98 valence electrons. The summed E-state index contributed by atoms with van der Waals surface area (Å²) in [5.41, 5.74) is -0.102. The van der Waals surface area contributed by atoms with Gasteiger partial charge in [0.05, 0.1) is 5.60 Å². The summed E-state index contributed by atoms with van der Waals surface area (Å²) in [4.78, 5) is 0. The van der Waals surface area contributed by atoms with Crippen molar-refractivity contribution in [3.8, 4) is 0 Å². The molecule has 0 radical (unpaired) electrons. The van der Waals surface area contributed by atoms with Crippen molar-refractivity contribution in [2.24, 2.45) is 0 Å². The van der Waals surface area contributed by atoms with Crippen molar-refractivity contribution < 1.29 is 9.47 Å². The van der Waals surface area contributed by atoms with Gasteiger partial charge in [0.2, 0.25) is 0 Å². The average molecular weight is 259 g/mol. The van der Waals surface area contributed by atoms with Crippen LogP contribution in [-0.4, -0.2) is 24.4 Å². The van der Waals surface area contributed by atoms with Gasteiger partial charge in [0.15, 0.2) is 6.29 Å². The second-order valence-electron chi connectivity index (χ2n) is 5.10. The summed E-state index contributed by atoms with van der Waals surface area (Å²) in [6.07, 6.45) is 13.7. The number of rotatable bonds is 4. The van der Waals surface area contributed by atoms with E-state index in [4.69, 9.17) is 21.1 Å². The van der Waals surface area contributed by atoms with Gasteiger partial charge in [0.25, 0.3) is 0 Å². The lowest BCUT2D eigenvalue weighted by Gasteiger charge is -2.38. The van der Waals surface area contributed by atoms with E-state index in [1.165, 1.54) is 32.1 Å². The van der Waals surface area contributed by atoms with Gasteiger partial charge < -0.3 is 9.47 Å². The van der Waals surface area contributed by atoms with Crippen molar-refractivity contribution in [2.75, 3.05) is 12.5 Å². The van der Waals surface area contributed by atoms with Gasteiger partial charge in [-0.2, -0.15) is 0 Å². The molecular formula is C14H23ClO2. The molecule has 0 N–H and O–H groups in total. The lowest BCUT2D eigenvalue weighted by atomic mass is 9.84. The molecule has 1 aliphatic heterocycles. The van der Waals surface area contributed by atoms with Gasteiger partial charge in [0, 0.05) is 12.5 Å². The monoisotopic (exact) mass is 258 g/mol. The number of halogens is 1. The van der Waals surface area contributed by atoms with Crippen LogP contribution >= 0.6 is 11.6 Å². The van der Waals surface area contributed by atoms with E-state index < -0.39 is 0 Å². The Labute approximate surface area is 109 Å². The largest absolute Gasteiger partial charge is 0.353 e. The maximum Gasteiger partial charge on any atom is 0.158 e. The molecule has 1 saturated carbocycles. The van der Waals surface area contributed by atoms with Gasteiger partial charge >= 0.3 is 0 Å². The van der Waals surface area contributed by atoms with Gasteiger partial charge in [-0.25, -0.2) is 0 Å². The molecule has 1 atom stereocenters. The maximum atomic E-state index is 6.25. The van der Waals surface area contributed by atoms with Gasteiger partial charge in [-0.1, -0.05) is 31.4 Å². The average Bonchev–Trinajstić information content (AvgIpc) is 2.39. The Morgan fingerprint density at radius 1 is 1.18 bits per heavy atom. The van der Waals surface area contributed by atoms with Crippen LogP contribution in [0.25, 0.3) is 0 Å². The first-order chi connectivity index (χ1) is 8.35. The third kappa shape index (κ3) is 3.97. The standard InChI is InChI=1S/C14H23ClO2/c15-11-6-10-14(8-3-1-4-9-14)17-13-7-2-5-12-16-13/h6,10,13H,1-5,7-9,11-12H2. The van der Waals surface area contributed by atoms with Crippen molar-refractivity contribution in [1.29, 1.82) is 0 Å². The molecule has 1 saturated heterocycles. The Hall–Kier alpha value is -0.0500. The summed E-state index contributed by atoms with van der Waals surface area (Å²) < 4.78 is 12.0. The van der Waals surface area contributed by atoms with Gasteiger partial charge in [-0.15, -0.1) is 11.6 Å². The van der Waals surface area contributed by atoms with Gasteiger partial charge in [-0.3, -0.25) is 0 Å². The summed E-state index contributed by atoms with van der Waals surface area (Å²) in [5, 5.41) is 0. The second kappa shape index (κ2) is 6.77. The van der Waals surface area contributed by atoms with Gasteiger partial charge in [-0.05, 0) is 32.1 Å². The van der Waals surface area contributed by atoms with Crippen LogP contribution in [0.1, 0.15) is 51.4 Å². The van der Waals surface area contributed by atoms with E-state index in [0.29, 0.717) is 5.88 Å². The summed E-state index contributed by atoms with van der Waals surface area (Å²) >= 11 is 5.75. The van der Waals surface area contributed by atoms with E-state index in [9.17, 15) is 0 Å². The summed E-state index contributed by atoms with van der Waals surface area (Å²) in [7, 11) is 0. The molecule has 0 amide bonds. The minimum Gasteiger partial charge on any atom is -0.353 e. The Balaban J connectivity index is 1.95. The molecule has 0 aromatic carbocycles. The summed E-state index contributed by atoms with van der Waals surface area (Å²) in [6.45, 7) is 0.847. The first-order valence-electron chi connectivity index (χ1n) is 6.88. The number of allylic oxidation sites excluding steroid dienone is 1. The SMILES string of the molecule is ClCC=CC1(OC2CCCCO2)CCCCC1. The first-order valence-corrected chi connectivity index (χ1v) is 7.41. The maximum absolute atomic E-state index is 6.25. The minimum atomic E-state index is -0.102. The number of hydrogen-bond donors (Lipinski definition) is 0. The third-order valence-corrected chi connectivity index (χ3v) is 3.89. The van der Waals surface area contributed by atoms with Crippen LogP contribution in [0.3, 0.4) is 0 Å². The van der Waals surface area contributed by atoms with E-state index in [1.807, 2.05) is 6.08 Å². The fourth-order valence-corrected chi connectivity index (χ4v) is 2.89. The lowest BCUT2D eigenvalue weighted by molar-refractivity contribution is -0.218. The number of ether oxygens (including phenoxy) is 2. The molecule has 1 aliphatic carbocycles. The third-order valence-electron chi connectivity index (χ3n) is 3.71. The Morgan fingerprint density at radius 2 is 2.00 bits per heavy atom. The molecule has 1 heterocycles. The van der Waals surface area contributed by atoms with Crippen LogP contribution in [0.15, 0.2) is 12.2 Å². The highest BCUT2D eigenvalue weighted by atomic mass is 35.5. The van der Waals surface area contributed by atoms with Crippen LogP contribution < -0.4 is 0 Å². The van der Waals surface area contributed by atoms with Crippen LogP contribution in [0.5, 0.6) is 0 Å². The van der Waals surface area contributed by atoms with Crippen LogP contribution in [0.2, 0.25) is 0 Å². The zero-order valence-corrected chi connectivity index (χ0v) is 11.3. The zero-order chi connectivity index (χ0) is 12.0.